The number of hydrogen-bond acceptors (Lipinski definition) is 7. The van der Waals surface area contributed by atoms with Crippen molar-refractivity contribution >= 4 is 0 Å². The van der Waals surface area contributed by atoms with Crippen LogP contribution < -0.4 is 0 Å². The quantitative estimate of drug-likeness (QED) is 0.416. The Balaban J connectivity index is 1.15. The molecule has 1 unspecified atom stereocenters. The molecule has 0 spiro atoms. The van der Waals surface area contributed by atoms with Crippen molar-refractivity contribution in [3.8, 4) is 22.8 Å². The molecule has 8 heteroatoms. The first-order chi connectivity index (χ1) is 15.7. The number of nitrogens with zero attached hydrogens (tertiary/aromatic N) is 5. The summed E-state index contributed by atoms with van der Waals surface area (Å²) in [5.41, 5.74) is 1.58. The van der Waals surface area contributed by atoms with Crippen LogP contribution in [0.1, 0.15) is 37.0 Å². The van der Waals surface area contributed by atoms with Gasteiger partial charge < -0.3 is 13.9 Å². The highest BCUT2D eigenvalue weighted by Gasteiger charge is 2.26. The van der Waals surface area contributed by atoms with Gasteiger partial charge in [0.15, 0.2) is 0 Å². The predicted octanol–water partition coefficient (Wildman–Crippen LogP) is 4.74. The largest absolute Gasteiger partial charge is 0.339 e. The van der Waals surface area contributed by atoms with Crippen LogP contribution in [-0.2, 0) is 6.42 Å². The summed E-state index contributed by atoms with van der Waals surface area (Å²) in [6, 6.07) is 16.1. The molecular weight excluding hydrogens is 409 g/mol. The maximum atomic E-state index is 13.5. The number of halogens is 1. The highest BCUT2D eigenvalue weighted by Crippen LogP contribution is 2.28. The zero-order valence-corrected chi connectivity index (χ0v) is 17.7. The number of aryl methyl sites for hydroxylation is 1. The molecule has 4 aromatic rings. The van der Waals surface area contributed by atoms with E-state index in [0.29, 0.717) is 29.0 Å². The zero-order valence-electron chi connectivity index (χ0n) is 17.7. The average Bonchev–Trinajstić information content (AvgIpc) is 3.50. The van der Waals surface area contributed by atoms with Gasteiger partial charge in [-0.05, 0) is 44.5 Å². The van der Waals surface area contributed by atoms with Crippen LogP contribution in [0.15, 0.2) is 63.6 Å². The Kier molecular flexibility index (Phi) is 6.02. The smallest absolute Gasteiger partial charge is 0.231 e. The van der Waals surface area contributed by atoms with Crippen molar-refractivity contribution in [1.82, 2.24) is 25.2 Å². The molecule has 0 saturated carbocycles. The lowest BCUT2D eigenvalue weighted by Crippen LogP contribution is -2.35. The molecule has 164 valence electrons. The lowest BCUT2D eigenvalue weighted by molar-refractivity contribution is 0.184. The summed E-state index contributed by atoms with van der Waals surface area (Å²) in [5, 5.41) is 8.14. The third-order valence-corrected chi connectivity index (χ3v) is 5.74. The fourth-order valence-corrected chi connectivity index (χ4v) is 4.12. The van der Waals surface area contributed by atoms with E-state index in [1.54, 1.807) is 12.1 Å². The van der Waals surface area contributed by atoms with Crippen LogP contribution in [0.25, 0.3) is 22.8 Å². The molecule has 7 nitrogen and oxygen atoms in total. The van der Waals surface area contributed by atoms with Gasteiger partial charge >= 0.3 is 0 Å². The van der Waals surface area contributed by atoms with Gasteiger partial charge in [-0.3, -0.25) is 0 Å². The van der Waals surface area contributed by atoms with Gasteiger partial charge in [-0.2, -0.15) is 9.97 Å². The van der Waals surface area contributed by atoms with Crippen LogP contribution in [0.2, 0.25) is 0 Å². The lowest BCUT2D eigenvalue weighted by atomic mass is 9.97. The van der Waals surface area contributed by atoms with Gasteiger partial charge in [0.25, 0.3) is 0 Å². The molecule has 2 aromatic heterocycles. The summed E-state index contributed by atoms with van der Waals surface area (Å²) in [4.78, 5) is 11.5. The fraction of sp³-hybridized carbons (Fsp3) is 0.333. The van der Waals surface area contributed by atoms with Crippen molar-refractivity contribution in [2.24, 2.45) is 0 Å². The second kappa shape index (κ2) is 9.40. The number of piperidine rings is 1. The molecule has 0 N–H and O–H groups in total. The van der Waals surface area contributed by atoms with Gasteiger partial charge in [0.2, 0.25) is 23.4 Å². The first-order valence-corrected chi connectivity index (χ1v) is 10.9. The van der Waals surface area contributed by atoms with Gasteiger partial charge in [0.05, 0.1) is 5.92 Å². The van der Waals surface area contributed by atoms with Gasteiger partial charge in [-0.1, -0.05) is 52.8 Å². The Bertz CT molecular complexity index is 1160. The van der Waals surface area contributed by atoms with E-state index in [9.17, 15) is 4.39 Å². The second-order valence-electron chi connectivity index (χ2n) is 8.09. The highest BCUT2D eigenvalue weighted by molar-refractivity contribution is 5.54. The molecule has 0 bridgehead atoms. The van der Waals surface area contributed by atoms with Gasteiger partial charge in [0.1, 0.15) is 5.82 Å². The summed E-state index contributed by atoms with van der Waals surface area (Å²) in [6.45, 7) is 2.84. The van der Waals surface area contributed by atoms with Crippen LogP contribution >= 0.6 is 0 Å². The lowest BCUT2D eigenvalue weighted by Gasteiger charge is -2.30. The normalized spacial score (nSPS) is 17.0. The Labute approximate surface area is 185 Å². The zero-order chi connectivity index (χ0) is 21.8. The van der Waals surface area contributed by atoms with Crippen molar-refractivity contribution in [3.05, 3.63) is 72.2 Å². The van der Waals surface area contributed by atoms with Crippen molar-refractivity contribution in [3.63, 3.8) is 0 Å². The van der Waals surface area contributed by atoms with E-state index in [0.717, 1.165) is 50.9 Å². The summed E-state index contributed by atoms with van der Waals surface area (Å²) < 4.78 is 24.4. The number of rotatable bonds is 7. The summed E-state index contributed by atoms with van der Waals surface area (Å²) >= 11 is 0. The van der Waals surface area contributed by atoms with Crippen LogP contribution in [0.5, 0.6) is 0 Å². The van der Waals surface area contributed by atoms with E-state index in [4.69, 9.17) is 9.05 Å². The minimum Gasteiger partial charge on any atom is -0.339 e. The standard InChI is InChI=1S/C24H24FN5O2/c25-20-11-4-9-18(15-20)23-27-24(32-29-23)19-10-5-13-30(16-19)14-6-12-21-26-22(28-31-21)17-7-2-1-3-8-17/h1-4,7-9,11,15,19H,5-6,10,12-14,16H2. The molecule has 1 saturated heterocycles. The molecule has 0 aliphatic carbocycles. The van der Waals surface area contributed by atoms with Crippen molar-refractivity contribution in [1.29, 1.82) is 0 Å². The topological polar surface area (TPSA) is 81.1 Å². The Morgan fingerprint density at radius 1 is 0.938 bits per heavy atom. The fourth-order valence-electron chi connectivity index (χ4n) is 4.12. The van der Waals surface area contributed by atoms with Crippen molar-refractivity contribution in [2.45, 2.75) is 31.6 Å². The summed E-state index contributed by atoms with van der Waals surface area (Å²) in [5.74, 6) is 2.22. The van der Waals surface area contributed by atoms with E-state index in [2.05, 4.69) is 25.2 Å². The monoisotopic (exact) mass is 433 g/mol. The SMILES string of the molecule is Fc1cccc(-c2noc(C3CCCN(CCCc4nc(-c5ccccc5)no4)C3)n2)c1. The molecule has 5 rings (SSSR count). The molecule has 3 heterocycles. The van der Waals surface area contributed by atoms with Gasteiger partial charge in [0, 0.05) is 24.1 Å². The molecule has 1 fully saturated rings. The molecule has 1 aliphatic rings. The molecule has 1 atom stereocenters. The highest BCUT2D eigenvalue weighted by atomic mass is 19.1. The van der Waals surface area contributed by atoms with Gasteiger partial charge in [-0.25, -0.2) is 4.39 Å². The van der Waals surface area contributed by atoms with Crippen LogP contribution in [0, 0.1) is 5.82 Å². The van der Waals surface area contributed by atoms with Crippen molar-refractivity contribution in [2.75, 3.05) is 19.6 Å². The maximum Gasteiger partial charge on any atom is 0.231 e. The van der Waals surface area contributed by atoms with Crippen LogP contribution in [0.4, 0.5) is 4.39 Å². The minimum absolute atomic E-state index is 0.187. The summed E-state index contributed by atoms with van der Waals surface area (Å²) in [7, 11) is 0. The van der Waals surface area contributed by atoms with E-state index in [1.165, 1.54) is 12.1 Å². The molecule has 0 amide bonds. The van der Waals surface area contributed by atoms with E-state index < -0.39 is 0 Å². The molecular formula is C24H24FN5O2. The molecule has 1 aliphatic heterocycles. The van der Waals surface area contributed by atoms with E-state index in [-0.39, 0.29) is 11.7 Å². The first-order valence-electron chi connectivity index (χ1n) is 10.9. The Morgan fingerprint density at radius 2 is 1.75 bits per heavy atom. The molecule has 32 heavy (non-hydrogen) atoms. The average molecular weight is 433 g/mol. The predicted molar refractivity (Wildman–Crippen MR) is 116 cm³/mol. The number of benzene rings is 2. The number of aromatic nitrogens is 4. The van der Waals surface area contributed by atoms with Crippen molar-refractivity contribution < 1.29 is 13.4 Å². The van der Waals surface area contributed by atoms with E-state index in [1.807, 2.05) is 30.3 Å². The number of likely N-dealkylation sites (tertiary alicyclic amines) is 1. The first kappa shape index (κ1) is 20.5. The minimum atomic E-state index is -0.310. The Hall–Kier alpha value is -3.39. The third kappa shape index (κ3) is 4.75. The number of hydrogen-bond donors (Lipinski definition) is 0. The van der Waals surface area contributed by atoms with E-state index >= 15 is 0 Å². The molecule has 2 aromatic carbocycles. The van der Waals surface area contributed by atoms with Crippen LogP contribution in [0.3, 0.4) is 0 Å². The maximum absolute atomic E-state index is 13.5. The van der Waals surface area contributed by atoms with Crippen LogP contribution in [-0.4, -0.2) is 44.8 Å². The van der Waals surface area contributed by atoms with Gasteiger partial charge in [-0.15, -0.1) is 0 Å². The Morgan fingerprint density at radius 3 is 2.62 bits per heavy atom. The third-order valence-electron chi connectivity index (χ3n) is 5.74. The second-order valence-corrected chi connectivity index (χ2v) is 8.09. The summed E-state index contributed by atoms with van der Waals surface area (Å²) in [6.07, 6.45) is 3.75. The molecule has 0 radical (unpaired) electrons.